The second kappa shape index (κ2) is 9.85. The molecule has 1 aliphatic heterocycles. The quantitative estimate of drug-likeness (QED) is 0.577. The Balaban J connectivity index is 1.34. The van der Waals surface area contributed by atoms with Crippen molar-refractivity contribution < 1.29 is 29.0 Å². The summed E-state index contributed by atoms with van der Waals surface area (Å²) in [5.74, 6) is -2.22. The predicted molar refractivity (Wildman–Crippen MR) is 125 cm³/mol. The molecule has 180 valence electrons. The van der Waals surface area contributed by atoms with Crippen LogP contribution in [-0.4, -0.2) is 54.5 Å². The number of benzene rings is 2. The highest BCUT2D eigenvalue weighted by Crippen LogP contribution is 2.44. The van der Waals surface area contributed by atoms with Crippen molar-refractivity contribution in [3.05, 3.63) is 59.7 Å². The smallest absolute Gasteiger partial charge is 0.407 e. The summed E-state index contributed by atoms with van der Waals surface area (Å²) in [5, 5.41) is 15.0. The fraction of sp³-hybridized carbons (Fsp3) is 0.423. The fourth-order valence-electron chi connectivity index (χ4n) is 4.64. The molecule has 3 N–H and O–H groups in total. The number of aliphatic carboxylic acids is 1. The summed E-state index contributed by atoms with van der Waals surface area (Å²) in [7, 11) is 0. The maximum atomic E-state index is 12.8. The van der Waals surface area contributed by atoms with E-state index < -0.39 is 35.5 Å². The van der Waals surface area contributed by atoms with Gasteiger partial charge in [0.2, 0.25) is 5.91 Å². The van der Waals surface area contributed by atoms with E-state index in [1.54, 1.807) is 13.8 Å². The summed E-state index contributed by atoms with van der Waals surface area (Å²) < 4.78 is 10.8. The number of hydrogen-bond acceptors (Lipinski definition) is 5. The number of rotatable bonds is 7. The lowest BCUT2D eigenvalue weighted by Crippen LogP contribution is -2.59. The Morgan fingerprint density at radius 3 is 2.15 bits per heavy atom. The number of nitrogens with one attached hydrogen (secondary N) is 2. The number of hydrogen-bond donors (Lipinski definition) is 3. The van der Waals surface area contributed by atoms with Gasteiger partial charge in [-0.2, -0.15) is 0 Å². The number of carboxylic acids is 1. The fourth-order valence-corrected chi connectivity index (χ4v) is 4.64. The summed E-state index contributed by atoms with van der Waals surface area (Å²) in [6.45, 7) is 4.07. The summed E-state index contributed by atoms with van der Waals surface area (Å²) in [6.07, 6.45) is -0.211. The molecular formula is C26H30N2O6. The Bertz CT molecular complexity index is 1030. The van der Waals surface area contributed by atoms with Crippen molar-refractivity contribution >= 4 is 18.0 Å². The van der Waals surface area contributed by atoms with E-state index in [9.17, 15) is 19.5 Å². The SMILES string of the molecule is CC(NC(=O)OCC1c2ccccc2-c2ccccc21)C(C)C(=O)NC1(C(=O)O)CCOCC1. The van der Waals surface area contributed by atoms with Crippen LogP contribution in [0.5, 0.6) is 0 Å². The van der Waals surface area contributed by atoms with Crippen LogP contribution in [0.3, 0.4) is 0 Å². The second-order valence-electron chi connectivity index (χ2n) is 9.04. The zero-order valence-corrected chi connectivity index (χ0v) is 19.4. The average molecular weight is 467 g/mol. The van der Waals surface area contributed by atoms with Crippen molar-refractivity contribution in [3.8, 4) is 11.1 Å². The van der Waals surface area contributed by atoms with E-state index in [0.717, 1.165) is 22.3 Å². The standard InChI is InChI=1S/C26H30N2O6/c1-16(23(29)28-26(24(30)31)11-13-33-14-12-26)17(2)27-25(32)34-15-22-20-9-5-3-7-18(20)19-8-4-6-10-21(19)22/h3-10,16-17,22H,11-15H2,1-2H3,(H,27,32)(H,28,29)(H,30,31). The Labute approximate surface area is 198 Å². The minimum Gasteiger partial charge on any atom is -0.480 e. The van der Waals surface area contributed by atoms with Crippen LogP contribution >= 0.6 is 0 Å². The highest BCUT2D eigenvalue weighted by molar-refractivity contribution is 5.88. The van der Waals surface area contributed by atoms with Gasteiger partial charge in [-0.1, -0.05) is 55.5 Å². The Morgan fingerprint density at radius 2 is 1.59 bits per heavy atom. The van der Waals surface area contributed by atoms with Crippen molar-refractivity contribution in [2.75, 3.05) is 19.8 Å². The summed E-state index contributed by atoms with van der Waals surface area (Å²) in [5.41, 5.74) is 3.19. The van der Waals surface area contributed by atoms with Gasteiger partial charge < -0.3 is 25.2 Å². The lowest BCUT2D eigenvalue weighted by atomic mass is 9.89. The highest BCUT2D eigenvalue weighted by Gasteiger charge is 2.42. The van der Waals surface area contributed by atoms with Crippen LogP contribution in [0.1, 0.15) is 43.7 Å². The minimum atomic E-state index is -1.34. The maximum absolute atomic E-state index is 12.8. The molecule has 2 aromatic rings. The molecule has 1 heterocycles. The molecule has 1 fully saturated rings. The van der Waals surface area contributed by atoms with E-state index in [1.165, 1.54) is 0 Å². The topological polar surface area (TPSA) is 114 Å². The van der Waals surface area contributed by atoms with E-state index in [4.69, 9.17) is 9.47 Å². The first-order valence-corrected chi connectivity index (χ1v) is 11.6. The van der Waals surface area contributed by atoms with E-state index in [-0.39, 0.29) is 38.6 Å². The number of fused-ring (bicyclic) bond motifs is 3. The Hall–Kier alpha value is -3.39. The van der Waals surface area contributed by atoms with Crippen LogP contribution in [0, 0.1) is 5.92 Å². The van der Waals surface area contributed by atoms with Crippen molar-refractivity contribution in [1.82, 2.24) is 10.6 Å². The van der Waals surface area contributed by atoms with Crippen molar-refractivity contribution in [2.45, 2.75) is 44.2 Å². The first-order valence-electron chi connectivity index (χ1n) is 11.6. The van der Waals surface area contributed by atoms with Gasteiger partial charge in [-0.3, -0.25) is 4.79 Å². The molecule has 8 heteroatoms. The van der Waals surface area contributed by atoms with Crippen molar-refractivity contribution in [1.29, 1.82) is 0 Å². The minimum absolute atomic E-state index is 0.0573. The van der Waals surface area contributed by atoms with Crippen molar-refractivity contribution in [2.24, 2.45) is 5.92 Å². The van der Waals surface area contributed by atoms with Gasteiger partial charge >= 0.3 is 12.1 Å². The molecule has 2 unspecified atom stereocenters. The number of carboxylic acid groups (broad SMARTS) is 1. The monoisotopic (exact) mass is 466 g/mol. The molecule has 2 amide bonds. The van der Waals surface area contributed by atoms with Gasteiger partial charge in [0.15, 0.2) is 0 Å². The molecule has 0 aromatic heterocycles. The van der Waals surface area contributed by atoms with Gasteiger partial charge in [0.1, 0.15) is 12.1 Å². The number of amides is 2. The lowest BCUT2D eigenvalue weighted by molar-refractivity contribution is -0.152. The van der Waals surface area contributed by atoms with Gasteiger partial charge in [-0.25, -0.2) is 9.59 Å². The third kappa shape index (κ3) is 4.63. The molecule has 0 saturated carbocycles. The second-order valence-corrected chi connectivity index (χ2v) is 9.04. The Kier molecular flexibility index (Phi) is 6.88. The van der Waals surface area contributed by atoms with Gasteiger partial charge in [-0.15, -0.1) is 0 Å². The highest BCUT2D eigenvalue weighted by atomic mass is 16.5. The molecule has 2 aromatic carbocycles. The molecule has 0 spiro atoms. The first kappa shape index (κ1) is 23.8. The molecule has 2 aliphatic rings. The summed E-state index contributed by atoms with van der Waals surface area (Å²) in [4.78, 5) is 37.1. The van der Waals surface area contributed by atoms with Crippen LogP contribution in [-0.2, 0) is 19.1 Å². The molecule has 1 aliphatic carbocycles. The maximum Gasteiger partial charge on any atom is 0.407 e. The first-order chi connectivity index (χ1) is 16.3. The zero-order chi connectivity index (χ0) is 24.3. The van der Waals surface area contributed by atoms with E-state index in [1.807, 2.05) is 36.4 Å². The van der Waals surface area contributed by atoms with Crippen molar-refractivity contribution in [3.63, 3.8) is 0 Å². The van der Waals surface area contributed by atoms with Gasteiger partial charge in [0, 0.05) is 38.0 Å². The van der Waals surface area contributed by atoms with E-state index in [2.05, 4.69) is 22.8 Å². The molecule has 0 radical (unpaired) electrons. The van der Waals surface area contributed by atoms with Crippen LogP contribution in [0.15, 0.2) is 48.5 Å². The molecule has 1 saturated heterocycles. The van der Waals surface area contributed by atoms with Crippen LogP contribution in [0.25, 0.3) is 11.1 Å². The van der Waals surface area contributed by atoms with Crippen LogP contribution in [0.4, 0.5) is 4.79 Å². The summed E-state index contributed by atoms with van der Waals surface area (Å²) >= 11 is 0. The predicted octanol–water partition coefficient (Wildman–Crippen LogP) is 3.30. The number of carbonyl (C=O) groups excluding carboxylic acids is 2. The third-order valence-electron chi connectivity index (χ3n) is 6.97. The molecular weight excluding hydrogens is 436 g/mol. The van der Waals surface area contributed by atoms with E-state index in [0.29, 0.717) is 0 Å². The zero-order valence-electron chi connectivity index (χ0n) is 19.4. The molecule has 0 bridgehead atoms. The van der Waals surface area contributed by atoms with E-state index >= 15 is 0 Å². The number of carbonyl (C=O) groups is 3. The number of alkyl carbamates (subject to hydrolysis) is 1. The van der Waals surface area contributed by atoms with Gasteiger partial charge in [0.25, 0.3) is 0 Å². The molecule has 8 nitrogen and oxygen atoms in total. The van der Waals surface area contributed by atoms with Gasteiger partial charge in [-0.05, 0) is 29.2 Å². The molecule has 34 heavy (non-hydrogen) atoms. The average Bonchev–Trinajstić information content (AvgIpc) is 3.16. The largest absolute Gasteiger partial charge is 0.480 e. The van der Waals surface area contributed by atoms with Crippen LogP contribution in [0.2, 0.25) is 0 Å². The lowest BCUT2D eigenvalue weighted by Gasteiger charge is -2.35. The third-order valence-corrected chi connectivity index (χ3v) is 6.97. The number of ether oxygens (including phenoxy) is 2. The summed E-state index contributed by atoms with van der Waals surface area (Å²) in [6, 6.07) is 15.6. The normalized spacial score (nSPS) is 18.2. The van der Waals surface area contributed by atoms with Crippen LogP contribution < -0.4 is 10.6 Å². The Morgan fingerprint density at radius 1 is 1.03 bits per heavy atom. The molecule has 2 atom stereocenters. The molecule has 4 rings (SSSR count). The van der Waals surface area contributed by atoms with Gasteiger partial charge in [0.05, 0.1) is 5.92 Å².